The van der Waals surface area contributed by atoms with Gasteiger partial charge in [-0.3, -0.25) is 9.69 Å². The minimum Gasteiger partial charge on any atom is -0.384 e. The van der Waals surface area contributed by atoms with Crippen molar-refractivity contribution < 1.29 is 9.18 Å². The van der Waals surface area contributed by atoms with Crippen molar-refractivity contribution in [2.24, 2.45) is 0 Å². The van der Waals surface area contributed by atoms with Crippen LogP contribution in [0.2, 0.25) is 0 Å². The van der Waals surface area contributed by atoms with Gasteiger partial charge in [0, 0.05) is 54.6 Å². The number of carbonyl (C=O) groups excluding carboxylic acids is 1. The van der Waals surface area contributed by atoms with Crippen LogP contribution in [0.4, 0.5) is 10.2 Å². The standard InChI is InChI=1S/C26H29FN6O/c1-3-22-24(19-8-9-23(28)31-16(19)2)25(30-15-29-22)17-4-7-20(21(27)14-17)26(34)33-12-10-32(11-13-33)18-5-6-18/h4,7-9,14-15,18H,3,5-6,10-13H2,1-2H3,(H2,28,31). The molecule has 0 radical (unpaired) electrons. The molecule has 34 heavy (non-hydrogen) atoms. The molecule has 1 aliphatic carbocycles. The molecule has 1 aromatic carbocycles. The van der Waals surface area contributed by atoms with Gasteiger partial charge in [-0.15, -0.1) is 0 Å². The number of hydrogen-bond donors (Lipinski definition) is 1. The Labute approximate surface area is 198 Å². The summed E-state index contributed by atoms with van der Waals surface area (Å²) in [6.45, 7) is 6.88. The Morgan fingerprint density at radius 1 is 1.12 bits per heavy atom. The van der Waals surface area contributed by atoms with Crippen molar-refractivity contribution in [3.05, 3.63) is 59.4 Å². The number of hydrogen-bond acceptors (Lipinski definition) is 6. The van der Waals surface area contributed by atoms with Crippen LogP contribution in [-0.2, 0) is 6.42 Å². The number of pyridine rings is 1. The number of piperazine rings is 1. The van der Waals surface area contributed by atoms with E-state index in [4.69, 9.17) is 5.73 Å². The van der Waals surface area contributed by atoms with Crippen molar-refractivity contribution in [3.8, 4) is 22.4 Å². The predicted octanol–water partition coefficient (Wildman–Crippen LogP) is 3.72. The van der Waals surface area contributed by atoms with E-state index in [0.29, 0.717) is 42.6 Å². The van der Waals surface area contributed by atoms with Gasteiger partial charge < -0.3 is 10.6 Å². The first kappa shape index (κ1) is 22.4. The fraction of sp³-hybridized carbons (Fsp3) is 0.385. The zero-order chi connectivity index (χ0) is 23.8. The SMILES string of the molecule is CCc1ncnc(-c2ccc(C(=O)N3CCN(C4CC4)CC3)c(F)c2)c1-c1ccc(N)nc1C. The normalized spacial score (nSPS) is 16.6. The molecule has 3 heterocycles. The molecule has 5 rings (SSSR count). The average molecular weight is 461 g/mol. The summed E-state index contributed by atoms with van der Waals surface area (Å²) in [5.41, 5.74) is 10.4. The zero-order valence-electron chi connectivity index (χ0n) is 19.6. The monoisotopic (exact) mass is 460 g/mol. The van der Waals surface area contributed by atoms with Crippen molar-refractivity contribution in [1.82, 2.24) is 24.8 Å². The lowest BCUT2D eigenvalue weighted by Crippen LogP contribution is -2.49. The Bertz CT molecular complexity index is 1230. The molecule has 1 saturated carbocycles. The van der Waals surface area contributed by atoms with Crippen molar-refractivity contribution >= 4 is 11.7 Å². The van der Waals surface area contributed by atoms with E-state index < -0.39 is 5.82 Å². The zero-order valence-corrected chi connectivity index (χ0v) is 19.6. The third-order valence-electron chi connectivity index (χ3n) is 6.78. The highest BCUT2D eigenvalue weighted by atomic mass is 19.1. The first-order valence-electron chi connectivity index (χ1n) is 11.9. The molecule has 2 aliphatic rings. The summed E-state index contributed by atoms with van der Waals surface area (Å²) in [5.74, 6) is -0.360. The second-order valence-corrected chi connectivity index (χ2v) is 9.02. The molecule has 0 bridgehead atoms. The summed E-state index contributed by atoms with van der Waals surface area (Å²) in [6, 6.07) is 9.06. The lowest BCUT2D eigenvalue weighted by Gasteiger charge is -2.34. The number of anilines is 1. The number of nitrogens with zero attached hydrogens (tertiary/aromatic N) is 5. The van der Waals surface area contributed by atoms with Crippen LogP contribution in [0.15, 0.2) is 36.7 Å². The fourth-order valence-electron chi connectivity index (χ4n) is 4.77. The molecule has 3 aromatic rings. The molecule has 2 fully saturated rings. The highest BCUT2D eigenvalue weighted by Crippen LogP contribution is 2.35. The second-order valence-electron chi connectivity index (χ2n) is 9.02. The van der Waals surface area contributed by atoms with E-state index >= 15 is 4.39 Å². The molecule has 1 aliphatic heterocycles. The van der Waals surface area contributed by atoms with Crippen molar-refractivity contribution in [2.75, 3.05) is 31.9 Å². The van der Waals surface area contributed by atoms with Gasteiger partial charge in [0.05, 0.1) is 17.0 Å². The average Bonchev–Trinajstić information content (AvgIpc) is 3.69. The summed E-state index contributed by atoms with van der Waals surface area (Å²) in [6.07, 6.45) is 4.68. The molecular formula is C26H29FN6O. The van der Waals surface area contributed by atoms with Gasteiger partial charge in [0.1, 0.15) is 18.0 Å². The minimum absolute atomic E-state index is 0.0975. The Kier molecular flexibility index (Phi) is 6.00. The molecule has 0 unspecified atom stereocenters. The van der Waals surface area contributed by atoms with Crippen LogP contribution >= 0.6 is 0 Å². The van der Waals surface area contributed by atoms with Crippen LogP contribution < -0.4 is 5.73 Å². The van der Waals surface area contributed by atoms with E-state index in [9.17, 15) is 4.79 Å². The number of aryl methyl sites for hydroxylation is 2. The summed E-state index contributed by atoms with van der Waals surface area (Å²) < 4.78 is 15.3. The van der Waals surface area contributed by atoms with Crippen molar-refractivity contribution in [2.45, 2.75) is 39.2 Å². The van der Waals surface area contributed by atoms with E-state index in [1.807, 2.05) is 19.9 Å². The van der Waals surface area contributed by atoms with E-state index in [0.717, 1.165) is 35.6 Å². The van der Waals surface area contributed by atoms with Gasteiger partial charge in [-0.05, 0) is 50.5 Å². The summed E-state index contributed by atoms with van der Waals surface area (Å²) in [4.78, 5) is 30.6. The number of nitrogens with two attached hydrogens (primary N) is 1. The maximum absolute atomic E-state index is 15.3. The van der Waals surface area contributed by atoms with Crippen LogP contribution in [0.1, 0.15) is 41.5 Å². The highest BCUT2D eigenvalue weighted by Gasteiger charge is 2.33. The molecule has 1 saturated heterocycles. The van der Waals surface area contributed by atoms with Gasteiger partial charge in [0.25, 0.3) is 5.91 Å². The predicted molar refractivity (Wildman–Crippen MR) is 130 cm³/mol. The van der Waals surface area contributed by atoms with Crippen molar-refractivity contribution in [1.29, 1.82) is 0 Å². The number of nitrogen functional groups attached to an aromatic ring is 1. The molecule has 2 aromatic heterocycles. The van der Waals surface area contributed by atoms with Crippen LogP contribution in [0.25, 0.3) is 22.4 Å². The maximum atomic E-state index is 15.3. The van der Waals surface area contributed by atoms with E-state index in [-0.39, 0.29) is 11.5 Å². The van der Waals surface area contributed by atoms with Crippen LogP contribution in [0.5, 0.6) is 0 Å². The highest BCUT2D eigenvalue weighted by molar-refractivity contribution is 5.95. The molecule has 2 N–H and O–H groups in total. The lowest BCUT2D eigenvalue weighted by molar-refractivity contribution is 0.0623. The molecule has 0 atom stereocenters. The summed E-state index contributed by atoms with van der Waals surface area (Å²) >= 11 is 0. The van der Waals surface area contributed by atoms with E-state index in [2.05, 4.69) is 19.9 Å². The maximum Gasteiger partial charge on any atom is 0.256 e. The molecule has 1 amide bonds. The quantitative estimate of drug-likeness (QED) is 0.624. The Balaban J connectivity index is 1.46. The van der Waals surface area contributed by atoms with E-state index in [1.54, 1.807) is 23.1 Å². The Morgan fingerprint density at radius 3 is 2.53 bits per heavy atom. The van der Waals surface area contributed by atoms with Crippen LogP contribution in [0.3, 0.4) is 0 Å². The largest absolute Gasteiger partial charge is 0.384 e. The van der Waals surface area contributed by atoms with E-state index in [1.165, 1.54) is 25.2 Å². The van der Waals surface area contributed by atoms with Crippen LogP contribution in [0, 0.1) is 12.7 Å². The fourth-order valence-corrected chi connectivity index (χ4v) is 4.77. The number of rotatable bonds is 5. The van der Waals surface area contributed by atoms with Crippen molar-refractivity contribution in [3.63, 3.8) is 0 Å². The number of halogens is 1. The molecule has 7 nitrogen and oxygen atoms in total. The summed E-state index contributed by atoms with van der Waals surface area (Å²) in [5, 5.41) is 0. The first-order valence-corrected chi connectivity index (χ1v) is 11.9. The topological polar surface area (TPSA) is 88.2 Å². The first-order chi connectivity index (χ1) is 16.5. The third-order valence-corrected chi connectivity index (χ3v) is 6.78. The number of amides is 1. The molecular weight excluding hydrogens is 431 g/mol. The van der Waals surface area contributed by atoms with Gasteiger partial charge in [0.15, 0.2) is 0 Å². The van der Waals surface area contributed by atoms with Gasteiger partial charge in [-0.25, -0.2) is 19.3 Å². The smallest absolute Gasteiger partial charge is 0.256 e. The molecule has 8 heteroatoms. The Hall–Kier alpha value is -3.39. The number of carbonyl (C=O) groups is 1. The lowest BCUT2D eigenvalue weighted by atomic mass is 9.95. The van der Waals surface area contributed by atoms with Gasteiger partial charge in [-0.1, -0.05) is 13.0 Å². The molecule has 0 spiro atoms. The van der Waals surface area contributed by atoms with Crippen LogP contribution in [-0.4, -0.2) is 62.9 Å². The number of benzene rings is 1. The minimum atomic E-state index is -0.540. The third kappa shape index (κ3) is 4.25. The van der Waals surface area contributed by atoms with Gasteiger partial charge in [-0.2, -0.15) is 0 Å². The number of aromatic nitrogens is 3. The van der Waals surface area contributed by atoms with Gasteiger partial charge in [0.2, 0.25) is 0 Å². The summed E-state index contributed by atoms with van der Waals surface area (Å²) in [7, 11) is 0. The molecule has 176 valence electrons. The Morgan fingerprint density at radius 2 is 1.88 bits per heavy atom. The van der Waals surface area contributed by atoms with Gasteiger partial charge >= 0.3 is 0 Å². The second kappa shape index (κ2) is 9.10.